The first-order chi connectivity index (χ1) is 9.56. The molecule has 2 heterocycles. The van der Waals surface area contributed by atoms with Crippen molar-refractivity contribution in [3.8, 4) is 0 Å². The Hall–Kier alpha value is -2.37. The molecule has 0 aliphatic rings. The van der Waals surface area contributed by atoms with Gasteiger partial charge in [-0.25, -0.2) is 4.98 Å². The number of benzene rings is 1. The van der Waals surface area contributed by atoms with Gasteiger partial charge < -0.3 is 14.1 Å². The Kier molecular flexibility index (Phi) is 2.74. The highest BCUT2D eigenvalue weighted by molar-refractivity contribution is 5.91. The summed E-state index contributed by atoms with van der Waals surface area (Å²) in [5.41, 5.74) is 2.23. The molecule has 3 rings (SSSR count). The van der Waals surface area contributed by atoms with Crippen LogP contribution >= 0.6 is 0 Å². The molecule has 1 aromatic carbocycles. The van der Waals surface area contributed by atoms with E-state index in [2.05, 4.69) is 9.97 Å². The summed E-state index contributed by atoms with van der Waals surface area (Å²) in [6.45, 7) is 6.53. The van der Waals surface area contributed by atoms with Gasteiger partial charge in [-0.15, -0.1) is 0 Å². The summed E-state index contributed by atoms with van der Waals surface area (Å²) in [7, 11) is 0. The van der Waals surface area contributed by atoms with Crippen LogP contribution in [0.3, 0.4) is 0 Å². The molecule has 1 N–H and O–H groups in total. The molecule has 0 spiro atoms. The smallest absolute Gasteiger partial charge is 0.316 e. The monoisotopic (exact) mass is 272 g/mol. The molecule has 2 aromatic heterocycles. The maximum Gasteiger partial charge on any atom is 0.316 e. The summed E-state index contributed by atoms with van der Waals surface area (Å²) in [5.74, 6) is 0.811. The number of nitrogens with one attached hydrogen (secondary N) is 1. The summed E-state index contributed by atoms with van der Waals surface area (Å²) >= 11 is 0. The lowest BCUT2D eigenvalue weighted by molar-refractivity contribution is 0.683. The number of aromatic nitrogens is 4. The number of aryl methyl sites for hydroxylation is 3. The van der Waals surface area contributed by atoms with E-state index in [1.54, 1.807) is 0 Å². The average Bonchev–Trinajstić information content (AvgIpc) is 2.78. The molecule has 0 aliphatic carbocycles. The minimum Gasteiger partial charge on any atom is -0.342 e. The molecule has 0 bridgehead atoms. The highest BCUT2D eigenvalue weighted by atomic mass is 16.2. The van der Waals surface area contributed by atoms with Crippen LogP contribution in [0.5, 0.6) is 0 Å². The van der Waals surface area contributed by atoms with Crippen LogP contribution in [-0.2, 0) is 13.1 Å². The van der Waals surface area contributed by atoms with Gasteiger partial charge in [0.25, 0.3) is 0 Å². The van der Waals surface area contributed by atoms with Crippen molar-refractivity contribution in [3.63, 3.8) is 0 Å². The number of hydrogen-bond donors (Lipinski definition) is 1. The predicted molar refractivity (Wildman–Crippen MR) is 78.2 cm³/mol. The number of fused-ring (bicyclic) bond motifs is 2. The Morgan fingerprint density at radius 2 is 1.60 bits per heavy atom. The van der Waals surface area contributed by atoms with E-state index in [4.69, 9.17) is 0 Å². The Morgan fingerprint density at radius 1 is 1.05 bits per heavy atom. The van der Waals surface area contributed by atoms with E-state index in [1.165, 1.54) is 9.13 Å². The van der Waals surface area contributed by atoms with Crippen molar-refractivity contribution in [1.29, 1.82) is 0 Å². The largest absolute Gasteiger partial charge is 0.342 e. The third-order valence-corrected chi connectivity index (χ3v) is 3.58. The van der Waals surface area contributed by atoms with Crippen LogP contribution in [0, 0.1) is 6.92 Å². The van der Waals surface area contributed by atoms with Crippen LogP contribution in [0.25, 0.3) is 22.1 Å². The number of aromatic amines is 1. The van der Waals surface area contributed by atoms with Gasteiger partial charge in [0.2, 0.25) is 0 Å². The molecule has 104 valence electrons. The number of H-pyrrole nitrogens is 1. The van der Waals surface area contributed by atoms with Crippen molar-refractivity contribution in [2.24, 2.45) is 0 Å². The molecule has 20 heavy (non-hydrogen) atoms. The van der Waals surface area contributed by atoms with Gasteiger partial charge in [0.1, 0.15) is 5.82 Å². The predicted octanol–water partition coefficient (Wildman–Crippen LogP) is 1.39. The SMILES string of the molecule is CCn1c(=O)c(=O)n(CC)c2cc3[nH]c(C)nc3cc21. The first kappa shape index (κ1) is 12.7. The summed E-state index contributed by atoms with van der Waals surface area (Å²) in [5, 5.41) is 0. The fraction of sp³-hybridized carbons (Fsp3) is 0.357. The van der Waals surface area contributed by atoms with E-state index in [9.17, 15) is 9.59 Å². The molecular formula is C14H16N4O2. The Bertz CT molecular complexity index is 856. The number of nitrogens with zero attached hydrogens (tertiary/aromatic N) is 3. The van der Waals surface area contributed by atoms with Crippen molar-refractivity contribution in [3.05, 3.63) is 38.7 Å². The second-order valence-electron chi connectivity index (χ2n) is 4.78. The van der Waals surface area contributed by atoms with E-state index in [0.717, 1.165) is 27.9 Å². The van der Waals surface area contributed by atoms with Crippen molar-refractivity contribution in [1.82, 2.24) is 19.1 Å². The molecule has 0 fully saturated rings. The third-order valence-electron chi connectivity index (χ3n) is 3.58. The number of hydrogen-bond acceptors (Lipinski definition) is 3. The van der Waals surface area contributed by atoms with Gasteiger partial charge >= 0.3 is 11.1 Å². The van der Waals surface area contributed by atoms with Crippen molar-refractivity contribution >= 4 is 22.1 Å². The van der Waals surface area contributed by atoms with Gasteiger partial charge in [-0.2, -0.15) is 0 Å². The fourth-order valence-corrected chi connectivity index (χ4v) is 2.67. The molecule has 0 unspecified atom stereocenters. The molecular weight excluding hydrogens is 256 g/mol. The van der Waals surface area contributed by atoms with E-state index in [1.807, 2.05) is 32.9 Å². The van der Waals surface area contributed by atoms with Gasteiger partial charge in [0.05, 0.1) is 22.1 Å². The van der Waals surface area contributed by atoms with Crippen molar-refractivity contribution in [2.75, 3.05) is 0 Å². The Balaban J connectivity index is 2.61. The van der Waals surface area contributed by atoms with Crippen LogP contribution in [0.2, 0.25) is 0 Å². The molecule has 0 amide bonds. The molecule has 6 nitrogen and oxygen atoms in total. The van der Waals surface area contributed by atoms with Crippen LogP contribution < -0.4 is 11.1 Å². The first-order valence-electron chi connectivity index (χ1n) is 6.70. The number of imidazole rings is 1. The van der Waals surface area contributed by atoms with Crippen LogP contribution in [0.4, 0.5) is 0 Å². The maximum atomic E-state index is 12.1. The summed E-state index contributed by atoms with van der Waals surface area (Å²) < 4.78 is 3.02. The van der Waals surface area contributed by atoms with Crippen LogP contribution in [0.1, 0.15) is 19.7 Å². The first-order valence-corrected chi connectivity index (χ1v) is 6.70. The standard InChI is InChI=1S/C14H16N4O2/c1-4-17-11-6-9-10(16-8(3)15-9)7-12(11)18(5-2)14(20)13(17)19/h6-7H,4-5H2,1-3H3,(H,15,16). The minimum atomic E-state index is -0.478. The zero-order chi connectivity index (χ0) is 14.4. The molecule has 0 aliphatic heterocycles. The van der Waals surface area contributed by atoms with Gasteiger partial charge in [-0.05, 0) is 32.9 Å². The normalized spacial score (nSPS) is 11.6. The maximum absolute atomic E-state index is 12.1. The van der Waals surface area contributed by atoms with E-state index in [-0.39, 0.29) is 0 Å². The van der Waals surface area contributed by atoms with E-state index >= 15 is 0 Å². The minimum absolute atomic E-state index is 0.462. The molecule has 0 radical (unpaired) electrons. The molecule has 3 aromatic rings. The molecule has 0 saturated heterocycles. The third kappa shape index (κ3) is 1.61. The fourth-order valence-electron chi connectivity index (χ4n) is 2.67. The van der Waals surface area contributed by atoms with E-state index in [0.29, 0.717) is 13.1 Å². The zero-order valence-electron chi connectivity index (χ0n) is 11.7. The van der Waals surface area contributed by atoms with E-state index < -0.39 is 11.1 Å². The van der Waals surface area contributed by atoms with Crippen molar-refractivity contribution in [2.45, 2.75) is 33.9 Å². The summed E-state index contributed by atoms with van der Waals surface area (Å²) in [4.78, 5) is 31.8. The van der Waals surface area contributed by atoms with Gasteiger partial charge in [-0.1, -0.05) is 0 Å². The number of rotatable bonds is 2. The topological polar surface area (TPSA) is 72.7 Å². The van der Waals surface area contributed by atoms with Gasteiger partial charge in [0.15, 0.2) is 0 Å². The summed E-state index contributed by atoms with van der Waals surface area (Å²) in [6, 6.07) is 3.76. The Labute approximate surface area is 114 Å². The molecule has 0 saturated carbocycles. The van der Waals surface area contributed by atoms with Crippen molar-refractivity contribution < 1.29 is 0 Å². The van der Waals surface area contributed by atoms with Crippen LogP contribution in [-0.4, -0.2) is 19.1 Å². The Morgan fingerprint density at radius 3 is 2.15 bits per heavy atom. The summed E-state index contributed by atoms with van der Waals surface area (Å²) in [6.07, 6.45) is 0. The second kappa shape index (κ2) is 4.33. The lowest BCUT2D eigenvalue weighted by Gasteiger charge is -2.12. The molecule has 0 atom stereocenters. The highest BCUT2D eigenvalue weighted by Gasteiger charge is 2.13. The lowest BCUT2D eigenvalue weighted by Crippen LogP contribution is -2.41. The molecule has 6 heteroatoms. The quantitative estimate of drug-likeness (QED) is 0.716. The average molecular weight is 272 g/mol. The van der Waals surface area contributed by atoms with Gasteiger partial charge in [0, 0.05) is 13.1 Å². The highest BCUT2D eigenvalue weighted by Crippen LogP contribution is 2.19. The zero-order valence-corrected chi connectivity index (χ0v) is 11.7. The van der Waals surface area contributed by atoms with Gasteiger partial charge in [-0.3, -0.25) is 9.59 Å². The van der Waals surface area contributed by atoms with Crippen LogP contribution in [0.15, 0.2) is 21.7 Å². The second-order valence-corrected chi connectivity index (χ2v) is 4.78. The lowest BCUT2D eigenvalue weighted by atomic mass is 10.2.